The number of rotatable bonds is 2. The number of aromatic hydroxyl groups is 1. The van der Waals surface area contributed by atoms with Crippen LogP contribution in [0, 0.1) is 12.7 Å². The molecule has 3 nitrogen and oxygen atoms in total. The molecule has 0 aliphatic carbocycles. The van der Waals surface area contributed by atoms with Crippen molar-refractivity contribution in [1.29, 1.82) is 0 Å². The van der Waals surface area contributed by atoms with Crippen LogP contribution in [0.2, 0.25) is 0 Å². The van der Waals surface area contributed by atoms with Gasteiger partial charge in [-0.3, -0.25) is 4.79 Å². The first-order chi connectivity index (χ1) is 8.58. The van der Waals surface area contributed by atoms with Gasteiger partial charge in [-0.1, -0.05) is 6.07 Å². The Kier molecular flexibility index (Phi) is 3.28. The van der Waals surface area contributed by atoms with Crippen LogP contribution in [-0.2, 0) is 0 Å². The summed E-state index contributed by atoms with van der Waals surface area (Å²) in [5.74, 6) is -0.615. The third kappa shape index (κ3) is 2.48. The number of carbonyl (C=O) groups is 1. The molecule has 2 N–H and O–H groups in total. The van der Waals surface area contributed by atoms with Crippen LogP contribution in [0.15, 0.2) is 42.5 Å². The molecular weight excluding hydrogens is 233 g/mol. The van der Waals surface area contributed by atoms with Crippen LogP contribution in [0.5, 0.6) is 5.75 Å². The van der Waals surface area contributed by atoms with Crippen LogP contribution >= 0.6 is 0 Å². The van der Waals surface area contributed by atoms with E-state index in [-0.39, 0.29) is 17.5 Å². The van der Waals surface area contributed by atoms with Crippen molar-refractivity contribution in [3.63, 3.8) is 0 Å². The highest BCUT2D eigenvalue weighted by molar-refractivity contribution is 6.04. The zero-order valence-electron chi connectivity index (χ0n) is 9.77. The van der Waals surface area contributed by atoms with Gasteiger partial charge < -0.3 is 10.4 Å². The number of anilines is 1. The lowest BCUT2D eigenvalue weighted by molar-refractivity contribution is 0.102. The summed E-state index contributed by atoms with van der Waals surface area (Å²) in [6, 6.07) is 10.4. The molecule has 0 radical (unpaired) electrons. The van der Waals surface area contributed by atoms with Gasteiger partial charge in [0.2, 0.25) is 0 Å². The predicted octanol–water partition coefficient (Wildman–Crippen LogP) is 3.09. The van der Waals surface area contributed by atoms with Gasteiger partial charge in [-0.2, -0.15) is 0 Å². The number of halogens is 1. The average Bonchev–Trinajstić information content (AvgIpc) is 2.36. The topological polar surface area (TPSA) is 49.3 Å². The Labute approximate surface area is 104 Å². The zero-order chi connectivity index (χ0) is 13.1. The van der Waals surface area contributed by atoms with Crippen molar-refractivity contribution >= 4 is 11.6 Å². The van der Waals surface area contributed by atoms with Crippen LogP contribution < -0.4 is 5.32 Å². The van der Waals surface area contributed by atoms with Crippen molar-refractivity contribution in [3.05, 3.63) is 59.4 Å². The number of nitrogens with one attached hydrogen (secondary N) is 1. The van der Waals surface area contributed by atoms with Gasteiger partial charge in [-0.15, -0.1) is 0 Å². The Morgan fingerprint density at radius 2 is 1.83 bits per heavy atom. The quantitative estimate of drug-likeness (QED) is 0.854. The summed E-state index contributed by atoms with van der Waals surface area (Å²) in [4.78, 5) is 11.9. The molecule has 0 aliphatic rings. The summed E-state index contributed by atoms with van der Waals surface area (Å²) in [5.41, 5.74) is 1.23. The van der Waals surface area contributed by atoms with Gasteiger partial charge in [0.1, 0.15) is 11.6 Å². The highest BCUT2D eigenvalue weighted by Crippen LogP contribution is 2.18. The molecule has 0 saturated heterocycles. The van der Waals surface area contributed by atoms with Crippen molar-refractivity contribution in [2.24, 2.45) is 0 Å². The molecule has 2 aromatic carbocycles. The molecule has 0 heterocycles. The van der Waals surface area contributed by atoms with Gasteiger partial charge in [0.05, 0.1) is 0 Å². The minimum atomic E-state index is -0.362. The predicted molar refractivity (Wildman–Crippen MR) is 67.2 cm³/mol. The van der Waals surface area contributed by atoms with E-state index in [1.165, 1.54) is 36.4 Å². The fourth-order valence-corrected chi connectivity index (χ4v) is 1.55. The van der Waals surface area contributed by atoms with Gasteiger partial charge >= 0.3 is 0 Å². The number of benzene rings is 2. The molecule has 4 heteroatoms. The summed E-state index contributed by atoms with van der Waals surface area (Å²) in [6.45, 7) is 1.60. The molecule has 0 unspecified atom stereocenters. The van der Waals surface area contributed by atoms with Gasteiger partial charge in [-0.05, 0) is 43.3 Å². The fraction of sp³-hybridized carbons (Fsp3) is 0.0714. The highest BCUT2D eigenvalue weighted by atomic mass is 19.1. The van der Waals surface area contributed by atoms with Crippen LogP contribution in [0.3, 0.4) is 0 Å². The van der Waals surface area contributed by atoms with E-state index in [0.29, 0.717) is 16.8 Å². The van der Waals surface area contributed by atoms with E-state index in [1.807, 2.05) is 0 Å². The van der Waals surface area contributed by atoms with Crippen molar-refractivity contribution in [2.45, 2.75) is 6.92 Å². The molecule has 0 fully saturated rings. The molecule has 0 saturated carbocycles. The number of phenolic OH excluding ortho intramolecular Hbond substituents is 1. The number of hydrogen-bond acceptors (Lipinski definition) is 2. The van der Waals surface area contributed by atoms with E-state index in [1.54, 1.807) is 13.0 Å². The molecule has 0 aromatic heterocycles. The normalized spacial score (nSPS) is 10.1. The highest BCUT2D eigenvalue weighted by Gasteiger charge is 2.09. The lowest BCUT2D eigenvalue weighted by atomic mass is 10.1. The van der Waals surface area contributed by atoms with Crippen molar-refractivity contribution in [1.82, 2.24) is 0 Å². The molecule has 92 valence electrons. The van der Waals surface area contributed by atoms with Crippen molar-refractivity contribution in [3.8, 4) is 5.75 Å². The summed E-state index contributed by atoms with van der Waals surface area (Å²) in [7, 11) is 0. The Hall–Kier alpha value is -2.36. The Morgan fingerprint density at radius 1 is 1.17 bits per heavy atom. The number of hydrogen-bond donors (Lipinski definition) is 2. The van der Waals surface area contributed by atoms with Gasteiger partial charge in [0.25, 0.3) is 5.91 Å². The molecule has 2 rings (SSSR count). The Balaban J connectivity index is 2.21. The zero-order valence-corrected chi connectivity index (χ0v) is 9.77. The smallest absolute Gasteiger partial charge is 0.255 e. The van der Waals surface area contributed by atoms with Gasteiger partial charge in [-0.25, -0.2) is 4.39 Å². The van der Waals surface area contributed by atoms with Crippen LogP contribution in [0.1, 0.15) is 15.9 Å². The second kappa shape index (κ2) is 4.87. The maximum atomic E-state index is 13.3. The molecule has 1 amide bonds. The van der Waals surface area contributed by atoms with Crippen molar-refractivity contribution < 1.29 is 14.3 Å². The minimum Gasteiger partial charge on any atom is -0.508 e. The summed E-state index contributed by atoms with van der Waals surface area (Å²) < 4.78 is 13.3. The maximum absolute atomic E-state index is 13.3. The first-order valence-corrected chi connectivity index (χ1v) is 5.43. The van der Waals surface area contributed by atoms with E-state index in [4.69, 9.17) is 5.11 Å². The first kappa shape index (κ1) is 12.1. The molecule has 2 aromatic rings. The van der Waals surface area contributed by atoms with Gasteiger partial charge in [0, 0.05) is 16.8 Å². The van der Waals surface area contributed by atoms with E-state index in [9.17, 15) is 9.18 Å². The first-order valence-electron chi connectivity index (χ1n) is 5.43. The average molecular weight is 245 g/mol. The number of phenols is 1. The van der Waals surface area contributed by atoms with E-state index in [0.717, 1.165) is 0 Å². The van der Waals surface area contributed by atoms with Crippen LogP contribution in [0.25, 0.3) is 0 Å². The Morgan fingerprint density at radius 3 is 2.50 bits per heavy atom. The van der Waals surface area contributed by atoms with E-state index in [2.05, 4.69) is 5.32 Å². The lowest BCUT2D eigenvalue weighted by Crippen LogP contribution is -2.12. The molecule has 0 spiro atoms. The standard InChI is InChI=1S/C14H12FNO2/c1-9-12(15)3-2-4-13(9)16-14(18)10-5-7-11(17)8-6-10/h2-8,17H,1H3,(H,16,18). The SMILES string of the molecule is Cc1c(F)cccc1NC(=O)c1ccc(O)cc1. The molecular formula is C14H12FNO2. The second-order valence-electron chi connectivity index (χ2n) is 3.91. The fourth-order valence-electron chi connectivity index (χ4n) is 1.55. The maximum Gasteiger partial charge on any atom is 0.255 e. The number of amides is 1. The molecule has 0 atom stereocenters. The third-order valence-electron chi connectivity index (χ3n) is 2.65. The molecule has 0 aliphatic heterocycles. The van der Waals surface area contributed by atoms with Crippen molar-refractivity contribution in [2.75, 3.05) is 5.32 Å². The molecule has 0 bridgehead atoms. The van der Waals surface area contributed by atoms with Gasteiger partial charge in [0.15, 0.2) is 0 Å². The van der Waals surface area contributed by atoms with E-state index >= 15 is 0 Å². The third-order valence-corrected chi connectivity index (χ3v) is 2.65. The number of carbonyl (C=O) groups excluding carboxylic acids is 1. The monoisotopic (exact) mass is 245 g/mol. The lowest BCUT2D eigenvalue weighted by Gasteiger charge is -2.08. The van der Waals surface area contributed by atoms with E-state index < -0.39 is 0 Å². The summed E-state index contributed by atoms with van der Waals surface area (Å²) >= 11 is 0. The van der Waals surface area contributed by atoms with Crippen LogP contribution in [0.4, 0.5) is 10.1 Å². The minimum absolute atomic E-state index is 0.0912. The summed E-state index contributed by atoms with van der Waals surface area (Å²) in [5, 5.41) is 11.8. The molecule has 18 heavy (non-hydrogen) atoms. The Bertz CT molecular complexity index is 579. The second-order valence-corrected chi connectivity index (χ2v) is 3.91. The van der Waals surface area contributed by atoms with Crippen LogP contribution in [-0.4, -0.2) is 11.0 Å². The summed E-state index contributed by atoms with van der Waals surface area (Å²) in [6.07, 6.45) is 0. The largest absolute Gasteiger partial charge is 0.508 e.